The zero-order valence-electron chi connectivity index (χ0n) is 11.1. The fourth-order valence-electron chi connectivity index (χ4n) is 2.77. The zero-order chi connectivity index (χ0) is 13.2. The summed E-state index contributed by atoms with van der Waals surface area (Å²) in [6.07, 6.45) is 2.94. The van der Waals surface area contributed by atoms with Crippen LogP contribution in [0.25, 0.3) is 10.8 Å². The highest BCUT2D eigenvalue weighted by Crippen LogP contribution is 2.29. The Bertz CT molecular complexity index is 585. The maximum absolute atomic E-state index is 9.72. The third-order valence-corrected chi connectivity index (χ3v) is 3.82. The van der Waals surface area contributed by atoms with Gasteiger partial charge in [0, 0.05) is 37.3 Å². The van der Waals surface area contributed by atoms with Gasteiger partial charge in [0.2, 0.25) is 0 Å². The number of phenolic OH excluding ortho intramolecular Hbond substituents is 1. The lowest BCUT2D eigenvalue weighted by molar-refractivity contribution is 0.464. The molecule has 1 aliphatic rings. The van der Waals surface area contributed by atoms with E-state index < -0.39 is 0 Å². The number of aromatic hydroxyl groups is 1. The van der Waals surface area contributed by atoms with Crippen LogP contribution in [-0.2, 0) is 0 Å². The highest BCUT2D eigenvalue weighted by Gasteiger charge is 2.23. The molecular weight excluding hydrogens is 238 g/mol. The van der Waals surface area contributed by atoms with Crippen LogP contribution in [0, 0.1) is 0 Å². The molecule has 4 heteroatoms. The van der Waals surface area contributed by atoms with Gasteiger partial charge in [-0.2, -0.15) is 0 Å². The number of benzene rings is 1. The number of hydrogen-bond donors (Lipinski definition) is 2. The summed E-state index contributed by atoms with van der Waals surface area (Å²) in [5.74, 6) is 1.28. The summed E-state index contributed by atoms with van der Waals surface area (Å²) in [6, 6.07) is 7.93. The minimum atomic E-state index is 0.296. The molecule has 1 atom stereocenters. The number of hydrogen-bond acceptors (Lipinski definition) is 4. The molecule has 1 aliphatic heterocycles. The van der Waals surface area contributed by atoms with Gasteiger partial charge in [0.05, 0.1) is 0 Å². The number of piperazine rings is 1. The lowest BCUT2D eigenvalue weighted by Gasteiger charge is -2.37. The standard InChI is InChI=1S/C15H19N3O/c1-2-12-10-16-7-8-18(12)15-14-9-13(19)4-3-11(14)5-6-17-15/h3-6,9,12,16,19H,2,7-8,10H2,1H3. The Labute approximate surface area is 113 Å². The van der Waals surface area contributed by atoms with Crippen molar-refractivity contribution >= 4 is 16.6 Å². The molecule has 2 aromatic rings. The third kappa shape index (κ3) is 2.24. The summed E-state index contributed by atoms with van der Waals surface area (Å²) in [4.78, 5) is 6.92. The van der Waals surface area contributed by atoms with E-state index in [-0.39, 0.29) is 0 Å². The van der Waals surface area contributed by atoms with Gasteiger partial charge in [0.25, 0.3) is 0 Å². The number of pyridine rings is 1. The van der Waals surface area contributed by atoms with Crippen molar-refractivity contribution < 1.29 is 5.11 Å². The minimum Gasteiger partial charge on any atom is -0.508 e. The predicted molar refractivity (Wildman–Crippen MR) is 77.7 cm³/mol. The first kappa shape index (κ1) is 12.2. The van der Waals surface area contributed by atoms with Gasteiger partial charge in [0.15, 0.2) is 0 Å². The maximum Gasteiger partial charge on any atom is 0.136 e. The molecule has 1 aromatic carbocycles. The number of aromatic nitrogens is 1. The quantitative estimate of drug-likeness (QED) is 0.865. The molecule has 3 rings (SSSR count). The van der Waals surface area contributed by atoms with Crippen LogP contribution in [0.15, 0.2) is 30.5 Å². The van der Waals surface area contributed by atoms with Crippen molar-refractivity contribution in [2.75, 3.05) is 24.5 Å². The number of fused-ring (bicyclic) bond motifs is 1. The SMILES string of the molecule is CCC1CNCCN1c1nccc2ccc(O)cc12. The lowest BCUT2D eigenvalue weighted by atomic mass is 10.1. The van der Waals surface area contributed by atoms with E-state index >= 15 is 0 Å². The van der Waals surface area contributed by atoms with Crippen LogP contribution in [0.3, 0.4) is 0 Å². The number of nitrogens with zero attached hydrogens (tertiary/aromatic N) is 2. The van der Waals surface area contributed by atoms with Gasteiger partial charge in [-0.1, -0.05) is 13.0 Å². The van der Waals surface area contributed by atoms with Crippen molar-refractivity contribution in [1.29, 1.82) is 0 Å². The molecule has 0 amide bonds. The molecule has 4 nitrogen and oxygen atoms in total. The zero-order valence-corrected chi connectivity index (χ0v) is 11.1. The molecule has 1 unspecified atom stereocenters. The normalized spacial score (nSPS) is 19.8. The van der Waals surface area contributed by atoms with Gasteiger partial charge in [-0.3, -0.25) is 0 Å². The molecular formula is C15H19N3O. The average Bonchev–Trinajstić information content (AvgIpc) is 2.46. The second-order valence-electron chi connectivity index (χ2n) is 5.00. The molecule has 0 spiro atoms. The van der Waals surface area contributed by atoms with Crippen molar-refractivity contribution in [3.8, 4) is 5.75 Å². The van der Waals surface area contributed by atoms with Gasteiger partial charge in [-0.25, -0.2) is 4.98 Å². The molecule has 19 heavy (non-hydrogen) atoms. The first-order valence-corrected chi connectivity index (χ1v) is 6.84. The van der Waals surface area contributed by atoms with E-state index in [1.165, 1.54) is 0 Å². The molecule has 1 aromatic heterocycles. The van der Waals surface area contributed by atoms with Gasteiger partial charge in [0.1, 0.15) is 11.6 Å². The van der Waals surface area contributed by atoms with Crippen molar-refractivity contribution in [3.05, 3.63) is 30.5 Å². The Morgan fingerprint density at radius 2 is 2.32 bits per heavy atom. The van der Waals surface area contributed by atoms with Crippen molar-refractivity contribution in [1.82, 2.24) is 10.3 Å². The Kier molecular flexibility index (Phi) is 3.25. The molecule has 0 saturated carbocycles. The summed E-state index contributed by atoms with van der Waals surface area (Å²) < 4.78 is 0. The van der Waals surface area contributed by atoms with E-state index in [2.05, 4.69) is 22.1 Å². The Morgan fingerprint density at radius 3 is 3.16 bits per heavy atom. The van der Waals surface area contributed by atoms with E-state index in [1.54, 1.807) is 6.07 Å². The average molecular weight is 257 g/mol. The summed E-state index contributed by atoms with van der Waals surface area (Å²) in [7, 11) is 0. The molecule has 0 aliphatic carbocycles. The summed E-state index contributed by atoms with van der Waals surface area (Å²) >= 11 is 0. The number of rotatable bonds is 2. The fraction of sp³-hybridized carbons (Fsp3) is 0.400. The lowest BCUT2D eigenvalue weighted by Crippen LogP contribution is -2.51. The van der Waals surface area contributed by atoms with Crippen LogP contribution < -0.4 is 10.2 Å². The van der Waals surface area contributed by atoms with E-state index in [1.807, 2.05) is 24.4 Å². The van der Waals surface area contributed by atoms with Gasteiger partial charge in [-0.15, -0.1) is 0 Å². The largest absolute Gasteiger partial charge is 0.508 e. The van der Waals surface area contributed by atoms with Crippen LogP contribution in [0.1, 0.15) is 13.3 Å². The molecule has 1 saturated heterocycles. The Hall–Kier alpha value is -1.81. The van der Waals surface area contributed by atoms with Crippen molar-refractivity contribution in [2.24, 2.45) is 0 Å². The summed E-state index contributed by atoms with van der Waals surface area (Å²) in [5, 5.41) is 15.3. The molecule has 0 radical (unpaired) electrons. The monoisotopic (exact) mass is 257 g/mol. The minimum absolute atomic E-state index is 0.296. The molecule has 2 N–H and O–H groups in total. The highest BCUT2D eigenvalue weighted by molar-refractivity contribution is 5.93. The first-order chi connectivity index (χ1) is 9.29. The van der Waals surface area contributed by atoms with Crippen LogP contribution in [0.4, 0.5) is 5.82 Å². The van der Waals surface area contributed by atoms with Crippen LogP contribution >= 0.6 is 0 Å². The molecule has 1 fully saturated rings. The number of anilines is 1. The van der Waals surface area contributed by atoms with Crippen LogP contribution in [0.5, 0.6) is 5.75 Å². The van der Waals surface area contributed by atoms with E-state index in [0.29, 0.717) is 11.8 Å². The van der Waals surface area contributed by atoms with Crippen molar-refractivity contribution in [3.63, 3.8) is 0 Å². The number of nitrogens with one attached hydrogen (secondary N) is 1. The van der Waals surface area contributed by atoms with E-state index in [0.717, 1.165) is 42.6 Å². The molecule has 2 heterocycles. The second-order valence-corrected chi connectivity index (χ2v) is 5.00. The topological polar surface area (TPSA) is 48.4 Å². The summed E-state index contributed by atoms with van der Waals surface area (Å²) in [5.41, 5.74) is 0. The smallest absolute Gasteiger partial charge is 0.136 e. The Balaban J connectivity index is 2.10. The number of phenols is 1. The van der Waals surface area contributed by atoms with Crippen LogP contribution in [-0.4, -0.2) is 35.8 Å². The Morgan fingerprint density at radius 1 is 1.42 bits per heavy atom. The highest BCUT2D eigenvalue weighted by atomic mass is 16.3. The molecule has 0 bridgehead atoms. The van der Waals surface area contributed by atoms with Crippen LogP contribution in [0.2, 0.25) is 0 Å². The van der Waals surface area contributed by atoms with Gasteiger partial charge in [-0.05, 0) is 30.0 Å². The first-order valence-electron chi connectivity index (χ1n) is 6.84. The summed E-state index contributed by atoms with van der Waals surface area (Å²) in [6.45, 7) is 5.13. The third-order valence-electron chi connectivity index (χ3n) is 3.82. The van der Waals surface area contributed by atoms with Gasteiger partial charge >= 0.3 is 0 Å². The van der Waals surface area contributed by atoms with Crippen molar-refractivity contribution in [2.45, 2.75) is 19.4 Å². The van der Waals surface area contributed by atoms with E-state index in [4.69, 9.17) is 0 Å². The fourth-order valence-corrected chi connectivity index (χ4v) is 2.77. The maximum atomic E-state index is 9.72. The van der Waals surface area contributed by atoms with Gasteiger partial charge < -0.3 is 15.3 Å². The molecule has 100 valence electrons. The van der Waals surface area contributed by atoms with E-state index in [9.17, 15) is 5.11 Å². The predicted octanol–water partition coefficient (Wildman–Crippen LogP) is 2.13. The second kappa shape index (κ2) is 5.05.